The van der Waals surface area contributed by atoms with Crippen molar-refractivity contribution in [2.75, 3.05) is 57.4 Å². The zero-order valence-corrected chi connectivity index (χ0v) is 23.0. The summed E-state index contributed by atoms with van der Waals surface area (Å²) < 4.78 is 9.00. The number of aryl methyl sites for hydroxylation is 1. The van der Waals surface area contributed by atoms with E-state index in [1.807, 2.05) is 18.2 Å². The third-order valence-electron chi connectivity index (χ3n) is 7.28. The Kier molecular flexibility index (Phi) is 9.13. The zero-order valence-electron chi connectivity index (χ0n) is 22.2. The van der Waals surface area contributed by atoms with Gasteiger partial charge in [-0.25, -0.2) is 0 Å². The molecule has 0 unspecified atom stereocenters. The number of aromatic nitrogens is 1. The molecule has 2 N–H and O–H groups in total. The van der Waals surface area contributed by atoms with Crippen molar-refractivity contribution < 1.29 is 14.6 Å². The fraction of sp³-hybridized carbons (Fsp3) is 0.400. The average Bonchev–Trinajstić information content (AvgIpc) is 3.45. The number of benzene rings is 2. The molecule has 0 spiro atoms. The van der Waals surface area contributed by atoms with Crippen molar-refractivity contribution in [2.24, 2.45) is 0 Å². The van der Waals surface area contributed by atoms with E-state index in [2.05, 4.69) is 44.8 Å². The molecular formula is C30H36N4O4S. The molecule has 2 aromatic carbocycles. The maximum Gasteiger partial charge on any atom is 0.251 e. The molecule has 0 bridgehead atoms. The lowest BCUT2D eigenvalue weighted by molar-refractivity contribution is -0.121. The normalized spacial score (nSPS) is 14.2. The molecule has 39 heavy (non-hydrogen) atoms. The van der Waals surface area contributed by atoms with Crippen molar-refractivity contribution >= 4 is 43.9 Å². The highest BCUT2D eigenvalue weighted by Crippen LogP contribution is 2.31. The van der Waals surface area contributed by atoms with E-state index in [1.165, 1.54) is 21.8 Å². The van der Waals surface area contributed by atoms with E-state index >= 15 is 0 Å². The number of pyridine rings is 1. The lowest BCUT2D eigenvalue weighted by Gasteiger charge is -2.36. The van der Waals surface area contributed by atoms with Crippen LogP contribution in [0.15, 0.2) is 64.8 Å². The van der Waals surface area contributed by atoms with Crippen LogP contribution >= 0.6 is 11.3 Å². The molecule has 1 amide bonds. The number of fused-ring (bicyclic) bond motifs is 2. The van der Waals surface area contributed by atoms with Crippen LogP contribution in [0, 0.1) is 0 Å². The van der Waals surface area contributed by atoms with Gasteiger partial charge < -0.3 is 24.6 Å². The molecule has 0 radical (unpaired) electrons. The van der Waals surface area contributed by atoms with Gasteiger partial charge in [0.1, 0.15) is 5.75 Å². The fourth-order valence-electron chi connectivity index (χ4n) is 5.18. The summed E-state index contributed by atoms with van der Waals surface area (Å²) in [6.07, 6.45) is 2.20. The maximum atomic E-state index is 12.5. The van der Waals surface area contributed by atoms with Crippen LogP contribution in [-0.2, 0) is 11.3 Å². The molecule has 1 aliphatic heterocycles. The van der Waals surface area contributed by atoms with Crippen molar-refractivity contribution in [2.45, 2.75) is 25.8 Å². The van der Waals surface area contributed by atoms with E-state index in [0.717, 1.165) is 62.2 Å². The van der Waals surface area contributed by atoms with Crippen LogP contribution < -0.4 is 20.5 Å². The number of hydrogen-bond acceptors (Lipinski definition) is 7. The van der Waals surface area contributed by atoms with Crippen molar-refractivity contribution in [1.82, 2.24) is 14.8 Å². The number of ether oxygens (including phenoxy) is 1. The van der Waals surface area contributed by atoms with Crippen LogP contribution in [0.4, 0.5) is 5.69 Å². The first-order valence-electron chi connectivity index (χ1n) is 13.7. The van der Waals surface area contributed by atoms with Crippen LogP contribution in [0.3, 0.4) is 0 Å². The number of aliphatic hydroxyl groups is 1. The highest BCUT2D eigenvalue weighted by Gasteiger charge is 2.18. The Balaban J connectivity index is 1.08. The Morgan fingerprint density at radius 1 is 1.00 bits per heavy atom. The van der Waals surface area contributed by atoms with Gasteiger partial charge in [0.2, 0.25) is 5.91 Å². The van der Waals surface area contributed by atoms with E-state index in [1.54, 1.807) is 22.0 Å². The maximum absolute atomic E-state index is 12.5. The average molecular weight is 549 g/mol. The predicted molar refractivity (Wildman–Crippen MR) is 158 cm³/mol. The second-order valence-corrected chi connectivity index (χ2v) is 10.8. The number of unbranched alkanes of at least 4 members (excludes halogenated alkanes) is 1. The summed E-state index contributed by atoms with van der Waals surface area (Å²) in [5.41, 5.74) is 1.96. The molecule has 4 aromatic rings. The molecule has 0 aliphatic carbocycles. The minimum Gasteiger partial charge on any atom is -0.494 e. The highest BCUT2D eigenvalue weighted by molar-refractivity contribution is 7.17. The number of thiophene rings is 1. The lowest BCUT2D eigenvalue weighted by atomic mass is 10.2. The van der Waals surface area contributed by atoms with E-state index in [0.29, 0.717) is 6.61 Å². The summed E-state index contributed by atoms with van der Waals surface area (Å²) >= 11 is 1.80. The van der Waals surface area contributed by atoms with Gasteiger partial charge in [-0.05, 0) is 66.6 Å². The molecular weight excluding hydrogens is 512 g/mol. The molecule has 5 rings (SSSR count). The van der Waals surface area contributed by atoms with E-state index in [4.69, 9.17) is 9.84 Å². The first-order chi connectivity index (χ1) is 19.1. The van der Waals surface area contributed by atoms with E-state index < -0.39 is 0 Å². The summed E-state index contributed by atoms with van der Waals surface area (Å²) in [4.78, 5) is 29.5. The first-order valence-corrected chi connectivity index (χ1v) is 14.6. The second-order valence-electron chi connectivity index (χ2n) is 9.86. The summed E-state index contributed by atoms with van der Waals surface area (Å²) in [5.74, 6) is 0.532. The first kappa shape index (κ1) is 27.2. The third-order valence-corrected chi connectivity index (χ3v) is 8.17. The number of piperazine rings is 1. The molecule has 1 saturated heterocycles. The van der Waals surface area contributed by atoms with Gasteiger partial charge in [-0.15, -0.1) is 11.3 Å². The Hall–Kier alpha value is -3.40. The summed E-state index contributed by atoms with van der Waals surface area (Å²) in [6, 6.07) is 17.9. The number of carbonyl (C=O) groups excluding carboxylic acids is 1. The topological polar surface area (TPSA) is 87.0 Å². The molecule has 3 heterocycles. The SMILES string of the molecule is O=C(CCn1c(=O)ccc2ccc(OCCCCN3CCN(c4cccc5sccc45)CC3)cc21)NCCO. The lowest BCUT2D eigenvalue weighted by Crippen LogP contribution is -2.46. The van der Waals surface area contributed by atoms with Gasteiger partial charge in [-0.1, -0.05) is 6.07 Å². The van der Waals surface area contributed by atoms with Gasteiger partial charge in [0.05, 0.1) is 18.7 Å². The van der Waals surface area contributed by atoms with E-state index in [9.17, 15) is 9.59 Å². The highest BCUT2D eigenvalue weighted by atomic mass is 32.1. The summed E-state index contributed by atoms with van der Waals surface area (Å²) in [7, 11) is 0. The van der Waals surface area contributed by atoms with Crippen LogP contribution in [-0.4, -0.2) is 73.0 Å². The van der Waals surface area contributed by atoms with Gasteiger partial charge in [-0.3, -0.25) is 14.5 Å². The smallest absolute Gasteiger partial charge is 0.251 e. The van der Waals surface area contributed by atoms with Crippen molar-refractivity contribution in [1.29, 1.82) is 0 Å². The molecule has 9 heteroatoms. The van der Waals surface area contributed by atoms with Crippen molar-refractivity contribution in [3.63, 3.8) is 0 Å². The molecule has 2 aromatic heterocycles. The predicted octanol–water partition coefficient (Wildman–Crippen LogP) is 3.70. The quantitative estimate of drug-likeness (QED) is 0.263. The number of carbonyl (C=O) groups is 1. The van der Waals surface area contributed by atoms with Gasteiger partial charge in [-0.2, -0.15) is 0 Å². The Morgan fingerprint density at radius 2 is 1.85 bits per heavy atom. The number of anilines is 1. The Morgan fingerprint density at radius 3 is 2.69 bits per heavy atom. The van der Waals surface area contributed by atoms with Crippen molar-refractivity contribution in [3.8, 4) is 5.75 Å². The molecule has 0 atom stereocenters. The van der Waals surface area contributed by atoms with Gasteiger partial charge in [0.15, 0.2) is 0 Å². The van der Waals surface area contributed by atoms with Crippen LogP contribution in [0.1, 0.15) is 19.3 Å². The number of nitrogens with zero attached hydrogens (tertiary/aromatic N) is 3. The van der Waals surface area contributed by atoms with Crippen LogP contribution in [0.2, 0.25) is 0 Å². The monoisotopic (exact) mass is 548 g/mol. The Labute approximate surface area is 232 Å². The van der Waals surface area contributed by atoms with E-state index in [-0.39, 0.29) is 37.6 Å². The summed E-state index contributed by atoms with van der Waals surface area (Å²) in [5, 5.41) is 16.0. The number of amides is 1. The minimum atomic E-state index is -0.193. The zero-order chi connectivity index (χ0) is 27.0. The standard InChI is InChI=1S/C30H36N4O4S/c35-19-12-31-29(36)10-14-34-27-22-24(8-6-23(27)7-9-30(34)37)38-20-2-1-13-32-15-17-33(18-16-32)26-4-3-5-28-25(26)11-21-39-28/h3-9,11,21-22,35H,1-2,10,12-20H2,(H,31,36). The van der Waals surface area contributed by atoms with Gasteiger partial charge in [0, 0.05) is 73.6 Å². The number of aliphatic hydroxyl groups excluding tert-OH is 1. The van der Waals surface area contributed by atoms with Gasteiger partial charge in [0.25, 0.3) is 5.56 Å². The molecule has 1 aliphatic rings. The third kappa shape index (κ3) is 6.79. The largest absolute Gasteiger partial charge is 0.494 e. The van der Waals surface area contributed by atoms with Crippen LogP contribution in [0.5, 0.6) is 5.75 Å². The number of hydrogen-bond donors (Lipinski definition) is 2. The molecule has 0 saturated carbocycles. The molecule has 1 fully saturated rings. The van der Waals surface area contributed by atoms with Gasteiger partial charge >= 0.3 is 0 Å². The number of nitrogens with one attached hydrogen (secondary N) is 1. The number of rotatable bonds is 12. The second kappa shape index (κ2) is 13.1. The molecule has 206 valence electrons. The Bertz CT molecular complexity index is 1460. The van der Waals surface area contributed by atoms with Crippen molar-refractivity contribution in [3.05, 3.63) is 70.3 Å². The van der Waals surface area contributed by atoms with Crippen LogP contribution in [0.25, 0.3) is 21.0 Å². The minimum absolute atomic E-state index is 0.107. The summed E-state index contributed by atoms with van der Waals surface area (Å²) in [6.45, 7) is 6.30. The fourth-order valence-corrected chi connectivity index (χ4v) is 5.99. The molecule has 8 nitrogen and oxygen atoms in total.